The van der Waals surface area contributed by atoms with E-state index in [0.29, 0.717) is 12.3 Å². The molecule has 0 spiro atoms. The summed E-state index contributed by atoms with van der Waals surface area (Å²) in [4.78, 5) is 14.4. The summed E-state index contributed by atoms with van der Waals surface area (Å²) in [5, 5.41) is 9.25. The van der Waals surface area contributed by atoms with Gasteiger partial charge in [0.25, 0.3) is 0 Å². The molecule has 0 bridgehead atoms. The highest BCUT2D eigenvalue weighted by atomic mass is 32.2. The van der Waals surface area contributed by atoms with Crippen LogP contribution in [0.1, 0.15) is 17.4 Å². The van der Waals surface area contributed by atoms with Crippen molar-refractivity contribution in [3.05, 3.63) is 30.0 Å². The van der Waals surface area contributed by atoms with Gasteiger partial charge in [0.1, 0.15) is 0 Å². The van der Waals surface area contributed by atoms with Gasteiger partial charge in [0.2, 0.25) is 0 Å². The third kappa shape index (κ3) is 2.81. The quantitative estimate of drug-likeness (QED) is 0.811. The number of hydrogen-bond donors (Lipinski definition) is 0. The second kappa shape index (κ2) is 6.30. The Bertz CT molecular complexity index is 656. The third-order valence-electron chi connectivity index (χ3n) is 3.44. The number of thioether (sulfide) groups is 1. The molecular weight excluding hydrogens is 286 g/mol. The van der Waals surface area contributed by atoms with Crippen molar-refractivity contribution in [3.63, 3.8) is 0 Å². The lowest BCUT2D eigenvalue weighted by Crippen LogP contribution is -2.34. The van der Waals surface area contributed by atoms with E-state index in [1.807, 2.05) is 36.0 Å². The van der Waals surface area contributed by atoms with Crippen LogP contribution in [0.25, 0.3) is 10.9 Å². The summed E-state index contributed by atoms with van der Waals surface area (Å²) in [5.41, 5.74) is 1.99. The number of nitrogens with zero attached hydrogens (tertiary/aromatic N) is 3. The van der Waals surface area contributed by atoms with Crippen LogP contribution in [-0.2, 0) is 4.74 Å². The van der Waals surface area contributed by atoms with E-state index in [2.05, 4.69) is 15.1 Å². The Kier molecular flexibility index (Phi) is 4.24. The minimum atomic E-state index is -0.399. The van der Waals surface area contributed by atoms with Gasteiger partial charge in [0, 0.05) is 30.0 Å². The average Bonchev–Trinajstić information content (AvgIpc) is 2.55. The summed E-state index contributed by atoms with van der Waals surface area (Å²) >= 11 is 1.93. The molecule has 6 heteroatoms. The SMILES string of the molecule is CCOC(=O)c1nnc2ccccc2c1N1CCSCC1. The topological polar surface area (TPSA) is 55.3 Å². The lowest BCUT2D eigenvalue weighted by atomic mass is 10.1. The minimum Gasteiger partial charge on any atom is -0.461 e. The first-order chi connectivity index (χ1) is 10.3. The molecule has 0 aliphatic carbocycles. The molecule has 1 aromatic carbocycles. The molecule has 3 rings (SSSR count). The summed E-state index contributed by atoms with van der Waals surface area (Å²) in [5.74, 6) is 1.71. The fourth-order valence-corrected chi connectivity index (χ4v) is 3.39. The maximum Gasteiger partial charge on any atom is 0.361 e. The van der Waals surface area contributed by atoms with Crippen LogP contribution in [0.2, 0.25) is 0 Å². The van der Waals surface area contributed by atoms with Crippen molar-refractivity contribution in [2.24, 2.45) is 0 Å². The van der Waals surface area contributed by atoms with E-state index in [1.54, 1.807) is 6.92 Å². The fraction of sp³-hybridized carbons (Fsp3) is 0.400. The van der Waals surface area contributed by atoms with Crippen LogP contribution >= 0.6 is 11.8 Å². The predicted molar refractivity (Wildman–Crippen MR) is 85.0 cm³/mol. The zero-order chi connectivity index (χ0) is 14.7. The zero-order valence-electron chi connectivity index (χ0n) is 11.9. The highest BCUT2D eigenvalue weighted by Crippen LogP contribution is 2.30. The number of hydrogen-bond acceptors (Lipinski definition) is 6. The number of aromatic nitrogens is 2. The molecule has 2 heterocycles. The van der Waals surface area contributed by atoms with Crippen molar-refractivity contribution in [1.82, 2.24) is 10.2 Å². The van der Waals surface area contributed by atoms with Crippen LogP contribution in [0.15, 0.2) is 24.3 Å². The van der Waals surface area contributed by atoms with E-state index in [0.717, 1.165) is 41.2 Å². The van der Waals surface area contributed by atoms with E-state index >= 15 is 0 Å². The summed E-state index contributed by atoms with van der Waals surface area (Å²) in [6, 6.07) is 7.79. The molecule has 1 fully saturated rings. The predicted octanol–water partition coefficient (Wildman–Crippen LogP) is 2.36. The normalized spacial score (nSPS) is 15.2. The molecule has 1 aromatic heterocycles. The first-order valence-corrected chi connectivity index (χ1v) is 8.22. The molecule has 0 amide bonds. The smallest absolute Gasteiger partial charge is 0.361 e. The van der Waals surface area contributed by atoms with Gasteiger partial charge < -0.3 is 9.64 Å². The van der Waals surface area contributed by atoms with Gasteiger partial charge in [-0.05, 0) is 13.0 Å². The van der Waals surface area contributed by atoms with Crippen molar-refractivity contribution in [3.8, 4) is 0 Å². The van der Waals surface area contributed by atoms with E-state index in [9.17, 15) is 4.79 Å². The minimum absolute atomic E-state index is 0.322. The largest absolute Gasteiger partial charge is 0.461 e. The van der Waals surface area contributed by atoms with Gasteiger partial charge in [-0.15, -0.1) is 10.2 Å². The Hall–Kier alpha value is -1.82. The Morgan fingerprint density at radius 2 is 2.05 bits per heavy atom. The van der Waals surface area contributed by atoms with Crippen LogP contribution in [0.3, 0.4) is 0 Å². The highest BCUT2D eigenvalue weighted by Gasteiger charge is 2.24. The van der Waals surface area contributed by atoms with Crippen LogP contribution in [0.5, 0.6) is 0 Å². The summed E-state index contributed by atoms with van der Waals surface area (Å²) in [6.07, 6.45) is 0. The molecule has 0 radical (unpaired) electrons. The average molecular weight is 303 g/mol. The van der Waals surface area contributed by atoms with Gasteiger partial charge in [-0.3, -0.25) is 0 Å². The van der Waals surface area contributed by atoms with Crippen molar-refractivity contribution in [2.75, 3.05) is 36.1 Å². The lowest BCUT2D eigenvalue weighted by Gasteiger charge is -2.30. The van der Waals surface area contributed by atoms with Crippen molar-refractivity contribution < 1.29 is 9.53 Å². The number of esters is 1. The van der Waals surface area contributed by atoms with E-state index in [4.69, 9.17) is 4.74 Å². The molecule has 0 N–H and O–H groups in total. The second-order valence-electron chi connectivity index (χ2n) is 4.73. The number of anilines is 1. The molecule has 1 saturated heterocycles. The first-order valence-electron chi connectivity index (χ1n) is 7.06. The summed E-state index contributed by atoms with van der Waals surface area (Å²) in [6.45, 7) is 3.95. The van der Waals surface area contributed by atoms with Crippen LogP contribution in [0.4, 0.5) is 5.69 Å². The molecule has 2 aromatic rings. The number of rotatable bonds is 3. The van der Waals surface area contributed by atoms with E-state index in [1.165, 1.54) is 0 Å². The number of ether oxygens (including phenoxy) is 1. The maximum atomic E-state index is 12.2. The van der Waals surface area contributed by atoms with Crippen LogP contribution in [-0.4, -0.2) is 47.4 Å². The Morgan fingerprint density at radius 1 is 1.29 bits per heavy atom. The zero-order valence-corrected chi connectivity index (χ0v) is 12.7. The Labute approximate surface area is 127 Å². The molecule has 0 atom stereocenters. The molecule has 0 unspecified atom stereocenters. The molecule has 21 heavy (non-hydrogen) atoms. The maximum absolute atomic E-state index is 12.2. The molecule has 110 valence electrons. The molecule has 5 nitrogen and oxygen atoms in total. The lowest BCUT2D eigenvalue weighted by molar-refractivity contribution is 0.0519. The summed E-state index contributed by atoms with van der Waals surface area (Å²) in [7, 11) is 0. The van der Waals surface area contributed by atoms with E-state index in [-0.39, 0.29) is 0 Å². The van der Waals surface area contributed by atoms with Crippen molar-refractivity contribution in [2.45, 2.75) is 6.92 Å². The number of carbonyl (C=O) groups excluding carboxylic acids is 1. The van der Waals surface area contributed by atoms with Crippen molar-refractivity contribution >= 4 is 34.3 Å². The molecular formula is C15H17N3O2S. The Balaban J connectivity index is 2.14. The fourth-order valence-electron chi connectivity index (χ4n) is 2.48. The van der Waals surface area contributed by atoms with Gasteiger partial charge in [-0.2, -0.15) is 11.8 Å². The van der Waals surface area contributed by atoms with Crippen molar-refractivity contribution in [1.29, 1.82) is 0 Å². The van der Waals surface area contributed by atoms with Crippen LogP contribution in [0, 0.1) is 0 Å². The summed E-state index contributed by atoms with van der Waals surface area (Å²) < 4.78 is 5.14. The number of carbonyl (C=O) groups is 1. The van der Waals surface area contributed by atoms with Gasteiger partial charge >= 0.3 is 5.97 Å². The Morgan fingerprint density at radius 3 is 2.81 bits per heavy atom. The highest BCUT2D eigenvalue weighted by molar-refractivity contribution is 7.99. The second-order valence-corrected chi connectivity index (χ2v) is 5.96. The standard InChI is InChI=1S/C15H17N3O2S/c1-2-20-15(19)13-14(18-7-9-21-10-8-18)11-5-3-4-6-12(11)16-17-13/h3-6H,2,7-10H2,1H3. The van der Waals surface area contributed by atoms with Gasteiger partial charge in [-0.25, -0.2) is 4.79 Å². The van der Waals surface area contributed by atoms with Gasteiger partial charge in [0.05, 0.1) is 17.8 Å². The molecule has 1 aliphatic rings. The van der Waals surface area contributed by atoms with Gasteiger partial charge in [-0.1, -0.05) is 18.2 Å². The number of fused-ring (bicyclic) bond motifs is 1. The van der Waals surface area contributed by atoms with E-state index < -0.39 is 5.97 Å². The molecule has 0 saturated carbocycles. The third-order valence-corrected chi connectivity index (χ3v) is 4.38. The monoisotopic (exact) mass is 303 g/mol. The van der Waals surface area contributed by atoms with Gasteiger partial charge in [0.15, 0.2) is 5.69 Å². The first kappa shape index (κ1) is 14.1. The molecule has 1 aliphatic heterocycles. The van der Waals surface area contributed by atoms with Crippen LogP contribution < -0.4 is 4.90 Å². The number of benzene rings is 1.